The topological polar surface area (TPSA) is 72.9 Å². The van der Waals surface area contributed by atoms with Gasteiger partial charge in [0.25, 0.3) is 5.91 Å². The van der Waals surface area contributed by atoms with E-state index in [0.717, 1.165) is 4.47 Å². The lowest BCUT2D eigenvalue weighted by Gasteiger charge is -2.06. The lowest BCUT2D eigenvalue weighted by molar-refractivity contribution is 0.102. The van der Waals surface area contributed by atoms with Crippen molar-refractivity contribution in [2.75, 3.05) is 11.1 Å². The van der Waals surface area contributed by atoms with Gasteiger partial charge in [-0.25, -0.2) is 0 Å². The zero-order valence-electron chi connectivity index (χ0n) is 9.14. The maximum absolute atomic E-state index is 11.8. The molecule has 6 heteroatoms. The molecule has 0 atom stereocenters. The number of benzene rings is 1. The van der Waals surface area contributed by atoms with Gasteiger partial charge in [-0.3, -0.25) is 9.48 Å². The quantitative estimate of drug-likeness (QED) is 0.832. The van der Waals surface area contributed by atoms with Gasteiger partial charge in [-0.05, 0) is 40.2 Å². The van der Waals surface area contributed by atoms with Crippen molar-refractivity contribution in [3.05, 3.63) is 40.6 Å². The Bertz CT molecular complexity index is 564. The minimum absolute atomic E-state index is 0.267. The number of nitrogens with zero attached hydrogens (tertiary/aromatic N) is 2. The number of aryl methyl sites for hydroxylation is 1. The fourth-order valence-electron chi connectivity index (χ4n) is 1.36. The molecular formula is C11H11BrN4O. The molecule has 5 nitrogen and oxygen atoms in total. The van der Waals surface area contributed by atoms with Crippen molar-refractivity contribution in [1.82, 2.24) is 9.78 Å². The molecule has 1 amide bonds. The van der Waals surface area contributed by atoms with Crippen LogP contribution in [0.25, 0.3) is 0 Å². The Labute approximate surface area is 107 Å². The number of nitrogen functional groups attached to an aromatic ring is 1. The van der Waals surface area contributed by atoms with Crippen LogP contribution in [-0.4, -0.2) is 15.7 Å². The lowest BCUT2D eigenvalue weighted by atomic mass is 10.2. The lowest BCUT2D eigenvalue weighted by Crippen LogP contribution is -2.13. The SMILES string of the molecule is Cn1ccc(C(=O)Nc2cc(N)ccc2Br)n1. The van der Waals surface area contributed by atoms with Crippen molar-refractivity contribution < 1.29 is 4.79 Å². The van der Waals surface area contributed by atoms with E-state index in [1.807, 2.05) is 0 Å². The molecule has 0 saturated heterocycles. The summed E-state index contributed by atoms with van der Waals surface area (Å²) >= 11 is 3.34. The van der Waals surface area contributed by atoms with E-state index in [1.165, 1.54) is 0 Å². The number of hydrogen-bond acceptors (Lipinski definition) is 3. The van der Waals surface area contributed by atoms with Crippen molar-refractivity contribution in [2.24, 2.45) is 7.05 Å². The van der Waals surface area contributed by atoms with E-state index >= 15 is 0 Å². The second-order valence-electron chi connectivity index (χ2n) is 3.57. The zero-order chi connectivity index (χ0) is 12.4. The summed E-state index contributed by atoms with van der Waals surface area (Å²) in [7, 11) is 1.76. The van der Waals surface area contributed by atoms with Gasteiger partial charge in [0.15, 0.2) is 5.69 Å². The minimum atomic E-state index is -0.267. The van der Waals surface area contributed by atoms with E-state index < -0.39 is 0 Å². The first-order valence-corrected chi connectivity index (χ1v) is 5.71. The number of hydrogen-bond donors (Lipinski definition) is 2. The first kappa shape index (κ1) is 11.7. The molecule has 0 bridgehead atoms. The molecule has 2 rings (SSSR count). The zero-order valence-corrected chi connectivity index (χ0v) is 10.7. The highest BCUT2D eigenvalue weighted by Gasteiger charge is 2.10. The van der Waals surface area contributed by atoms with Crippen LogP contribution in [-0.2, 0) is 7.05 Å². The Morgan fingerprint density at radius 1 is 1.47 bits per heavy atom. The van der Waals surface area contributed by atoms with E-state index in [1.54, 1.807) is 42.2 Å². The van der Waals surface area contributed by atoms with Gasteiger partial charge in [0, 0.05) is 23.4 Å². The first-order valence-electron chi connectivity index (χ1n) is 4.92. The third-order valence-corrected chi connectivity index (χ3v) is 2.88. The van der Waals surface area contributed by atoms with Gasteiger partial charge in [-0.1, -0.05) is 0 Å². The van der Waals surface area contributed by atoms with Crippen molar-refractivity contribution in [3.63, 3.8) is 0 Å². The molecule has 0 fully saturated rings. The average Bonchev–Trinajstić information content (AvgIpc) is 2.70. The van der Waals surface area contributed by atoms with Crippen LogP contribution < -0.4 is 11.1 Å². The largest absolute Gasteiger partial charge is 0.399 e. The molecule has 1 aromatic carbocycles. The smallest absolute Gasteiger partial charge is 0.276 e. The molecule has 0 unspecified atom stereocenters. The molecule has 3 N–H and O–H groups in total. The molecule has 0 aliphatic rings. The fraction of sp³-hybridized carbons (Fsp3) is 0.0909. The highest BCUT2D eigenvalue weighted by Crippen LogP contribution is 2.24. The number of carbonyl (C=O) groups excluding carboxylic acids is 1. The molecule has 17 heavy (non-hydrogen) atoms. The summed E-state index contributed by atoms with van der Waals surface area (Å²) in [5.74, 6) is -0.267. The van der Waals surface area contributed by atoms with Crippen LogP contribution in [0.1, 0.15) is 10.5 Å². The van der Waals surface area contributed by atoms with Gasteiger partial charge in [-0.15, -0.1) is 0 Å². The summed E-state index contributed by atoms with van der Waals surface area (Å²) in [5.41, 5.74) is 7.23. The molecule has 88 valence electrons. The van der Waals surface area contributed by atoms with E-state index in [2.05, 4.69) is 26.3 Å². The number of aromatic nitrogens is 2. The summed E-state index contributed by atoms with van der Waals surface area (Å²) in [4.78, 5) is 11.8. The third kappa shape index (κ3) is 2.65. The van der Waals surface area contributed by atoms with Gasteiger partial charge in [0.05, 0.1) is 5.69 Å². The Hall–Kier alpha value is -1.82. The van der Waals surface area contributed by atoms with Crippen molar-refractivity contribution in [2.45, 2.75) is 0 Å². The first-order chi connectivity index (χ1) is 8.06. The second-order valence-corrected chi connectivity index (χ2v) is 4.42. The van der Waals surface area contributed by atoms with Gasteiger partial charge < -0.3 is 11.1 Å². The number of nitrogens with two attached hydrogens (primary N) is 1. The van der Waals surface area contributed by atoms with Crippen LogP contribution in [0, 0.1) is 0 Å². The molecule has 1 heterocycles. The molecule has 2 aromatic rings. The molecular weight excluding hydrogens is 284 g/mol. The number of amides is 1. The van der Waals surface area contributed by atoms with E-state index in [4.69, 9.17) is 5.73 Å². The van der Waals surface area contributed by atoms with Gasteiger partial charge in [-0.2, -0.15) is 5.10 Å². The summed E-state index contributed by atoms with van der Waals surface area (Å²) in [5, 5.41) is 6.76. The number of anilines is 2. The maximum atomic E-state index is 11.8. The van der Waals surface area contributed by atoms with Crippen molar-refractivity contribution in [3.8, 4) is 0 Å². The molecule has 0 aliphatic heterocycles. The highest BCUT2D eigenvalue weighted by molar-refractivity contribution is 9.10. The third-order valence-electron chi connectivity index (χ3n) is 2.18. The van der Waals surface area contributed by atoms with E-state index in [9.17, 15) is 4.79 Å². The fourth-order valence-corrected chi connectivity index (χ4v) is 1.71. The Balaban J connectivity index is 2.21. The maximum Gasteiger partial charge on any atom is 0.276 e. The van der Waals surface area contributed by atoms with Crippen LogP contribution in [0.5, 0.6) is 0 Å². The van der Waals surface area contributed by atoms with Gasteiger partial charge in [0.1, 0.15) is 0 Å². The van der Waals surface area contributed by atoms with Crippen LogP contribution >= 0.6 is 15.9 Å². The monoisotopic (exact) mass is 294 g/mol. The Morgan fingerprint density at radius 3 is 2.88 bits per heavy atom. The summed E-state index contributed by atoms with van der Waals surface area (Å²) < 4.78 is 2.35. The van der Waals surface area contributed by atoms with Crippen molar-refractivity contribution >= 4 is 33.2 Å². The van der Waals surface area contributed by atoms with Gasteiger partial charge >= 0.3 is 0 Å². The molecule has 0 radical (unpaired) electrons. The second kappa shape index (κ2) is 4.58. The van der Waals surface area contributed by atoms with Gasteiger partial charge in [0.2, 0.25) is 0 Å². The number of halogens is 1. The van der Waals surface area contributed by atoms with E-state index in [0.29, 0.717) is 17.1 Å². The average molecular weight is 295 g/mol. The molecule has 0 aliphatic carbocycles. The van der Waals surface area contributed by atoms with E-state index in [-0.39, 0.29) is 5.91 Å². The molecule has 1 aromatic heterocycles. The summed E-state index contributed by atoms with van der Waals surface area (Å²) in [6.45, 7) is 0. The molecule has 0 spiro atoms. The van der Waals surface area contributed by atoms with Crippen LogP contribution in [0.2, 0.25) is 0 Å². The Kier molecular flexibility index (Phi) is 3.14. The normalized spacial score (nSPS) is 10.2. The number of nitrogens with one attached hydrogen (secondary N) is 1. The highest BCUT2D eigenvalue weighted by atomic mass is 79.9. The predicted octanol–water partition coefficient (Wildman–Crippen LogP) is 2.02. The predicted molar refractivity (Wildman–Crippen MR) is 69.7 cm³/mol. The van der Waals surface area contributed by atoms with Crippen LogP contribution in [0.3, 0.4) is 0 Å². The Morgan fingerprint density at radius 2 is 2.24 bits per heavy atom. The summed E-state index contributed by atoms with van der Waals surface area (Å²) in [6.07, 6.45) is 1.71. The standard InChI is InChI=1S/C11H11BrN4O/c1-16-5-4-9(15-16)11(17)14-10-6-7(13)2-3-8(10)12/h2-6H,13H2,1H3,(H,14,17). The number of carbonyl (C=O) groups is 1. The summed E-state index contributed by atoms with van der Waals surface area (Å²) in [6, 6.07) is 6.87. The molecule has 0 saturated carbocycles. The van der Waals surface area contributed by atoms with Crippen LogP contribution in [0.15, 0.2) is 34.9 Å². The van der Waals surface area contributed by atoms with Crippen LogP contribution in [0.4, 0.5) is 11.4 Å². The number of rotatable bonds is 2. The minimum Gasteiger partial charge on any atom is -0.399 e. The van der Waals surface area contributed by atoms with Crippen molar-refractivity contribution in [1.29, 1.82) is 0 Å².